The number of benzene rings is 10. The first-order chi connectivity index (χ1) is 31.8. The average Bonchev–Trinajstić information content (AvgIpc) is 3.74. The number of para-hydroxylation sites is 1. The Morgan fingerprint density at radius 3 is 1.46 bits per heavy atom. The highest BCUT2D eigenvalue weighted by molar-refractivity contribution is 5.95. The summed E-state index contributed by atoms with van der Waals surface area (Å²) in [5, 5.41) is 2.50. The summed E-state index contributed by atoms with van der Waals surface area (Å²) < 4.78 is 0. The van der Waals surface area contributed by atoms with Crippen molar-refractivity contribution >= 4 is 27.8 Å². The Hall–Kier alpha value is -7.74. The van der Waals surface area contributed by atoms with Crippen molar-refractivity contribution in [2.24, 2.45) is 0 Å². The van der Waals surface area contributed by atoms with Crippen molar-refractivity contribution < 1.29 is 0 Å². The molecule has 1 heteroatoms. The summed E-state index contributed by atoms with van der Waals surface area (Å²) in [4.78, 5) is 2.44. The van der Waals surface area contributed by atoms with Crippen molar-refractivity contribution in [2.75, 3.05) is 4.90 Å². The maximum Gasteiger partial charge on any atom is 0.0540 e. The van der Waals surface area contributed by atoms with Crippen LogP contribution in [0.2, 0.25) is 0 Å². The van der Waals surface area contributed by atoms with Crippen LogP contribution in [0.15, 0.2) is 224 Å². The normalized spacial score (nSPS) is 13.8. The lowest BCUT2D eigenvalue weighted by Gasteiger charge is -2.29. The molecule has 10 aromatic rings. The highest BCUT2D eigenvalue weighted by atomic mass is 15.1. The molecule has 310 valence electrons. The molecule has 0 aromatic heterocycles. The van der Waals surface area contributed by atoms with Crippen molar-refractivity contribution in [2.45, 2.75) is 38.5 Å². The first kappa shape index (κ1) is 38.9. The molecule has 0 unspecified atom stereocenters. The molecule has 65 heavy (non-hydrogen) atoms. The zero-order chi connectivity index (χ0) is 43.9. The summed E-state index contributed by atoms with van der Waals surface area (Å²) in [7, 11) is 0. The van der Waals surface area contributed by atoms with Crippen LogP contribution < -0.4 is 4.90 Å². The fourth-order valence-corrected chi connectivity index (χ4v) is 11.2. The number of fused-ring (bicyclic) bond motifs is 7. The third-order valence-electron chi connectivity index (χ3n) is 14.5. The van der Waals surface area contributed by atoms with E-state index in [1.54, 1.807) is 0 Å². The van der Waals surface area contributed by atoms with Crippen molar-refractivity contribution in [3.05, 3.63) is 247 Å². The van der Waals surface area contributed by atoms with E-state index in [0.717, 1.165) is 17.1 Å². The first-order valence-electron chi connectivity index (χ1n) is 22.9. The van der Waals surface area contributed by atoms with Gasteiger partial charge in [0.15, 0.2) is 0 Å². The second-order valence-electron chi connectivity index (χ2n) is 18.9. The summed E-state index contributed by atoms with van der Waals surface area (Å²) in [6.45, 7) is 9.48. The van der Waals surface area contributed by atoms with Gasteiger partial charge >= 0.3 is 0 Å². The minimum atomic E-state index is -0.115. The van der Waals surface area contributed by atoms with Gasteiger partial charge in [0.05, 0.1) is 5.69 Å². The van der Waals surface area contributed by atoms with Gasteiger partial charge in [-0.15, -0.1) is 0 Å². The van der Waals surface area contributed by atoms with Gasteiger partial charge < -0.3 is 4.90 Å². The zero-order valence-corrected chi connectivity index (χ0v) is 37.3. The molecule has 0 saturated heterocycles. The van der Waals surface area contributed by atoms with Gasteiger partial charge in [0.2, 0.25) is 0 Å². The Bertz CT molecular complexity index is 3480. The molecule has 2 aliphatic rings. The summed E-state index contributed by atoms with van der Waals surface area (Å²) >= 11 is 0. The molecule has 0 amide bonds. The van der Waals surface area contributed by atoms with E-state index in [1.165, 1.54) is 99.8 Å². The van der Waals surface area contributed by atoms with Crippen LogP contribution >= 0.6 is 0 Å². The smallest absolute Gasteiger partial charge is 0.0540 e. The molecule has 2 aliphatic carbocycles. The van der Waals surface area contributed by atoms with Crippen LogP contribution in [0.1, 0.15) is 49.9 Å². The molecular formula is C64H49N. The van der Waals surface area contributed by atoms with E-state index in [9.17, 15) is 0 Å². The maximum atomic E-state index is 2.44. The van der Waals surface area contributed by atoms with Crippen LogP contribution in [0.25, 0.3) is 77.5 Å². The van der Waals surface area contributed by atoms with Gasteiger partial charge in [0.1, 0.15) is 0 Å². The van der Waals surface area contributed by atoms with Crippen molar-refractivity contribution in [1.29, 1.82) is 0 Å². The van der Waals surface area contributed by atoms with E-state index in [0.29, 0.717) is 0 Å². The van der Waals surface area contributed by atoms with Crippen molar-refractivity contribution in [1.82, 2.24) is 0 Å². The lowest BCUT2D eigenvalue weighted by atomic mass is 9.78. The number of hydrogen-bond donors (Lipinski definition) is 0. The Labute approximate surface area is 383 Å². The molecule has 0 heterocycles. The molecule has 0 N–H and O–H groups in total. The topological polar surface area (TPSA) is 3.24 Å². The molecule has 0 fully saturated rings. The summed E-state index contributed by atoms with van der Waals surface area (Å²) in [6.07, 6.45) is 0. The van der Waals surface area contributed by atoms with Gasteiger partial charge in [-0.05, 0) is 137 Å². The fourth-order valence-electron chi connectivity index (χ4n) is 11.2. The molecular weight excluding hydrogens is 783 g/mol. The van der Waals surface area contributed by atoms with E-state index in [1.807, 2.05) is 0 Å². The third-order valence-corrected chi connectivity index (χ3v) is 14.5. The van der Waals surface area contributed by atoms with Crippen LogP contribution in [0, 0.1) is 0 Å². The van der Waals surface area contributed by atoms with Gasteiger partial charge in [-0.1, -0.05) is 210 Å². The largest absolute Gasteiger partial charge is 0.310 e. The lowest BCUT2D eigenvalue weighted by Crippen LogP contribution is -2.16. The minimum Gasteiger partial charge on any atom is -0.310 e. The summed E-state index contributed by atoms with van der Waals surface area (Å²) in [6, 6.07) is 83.3. The second-order valence-corrected chi connectivity index (χ2v) is 18.9. The van der Waals surface area contributed by atoms with Crippen molar-refractivity contribution in [3.8, 4) is 66.8 Å². The Balaban J connectivity index is 0.974. The number of hydrogen-bond acceptors (Lipinski definition) is 1. The predicted octanol–water partition coefficient (Wildman–Crippen LogP) is 17.6. The molecule has 0 saturated carbocycles. The lowest BCUT2D eigenvalue weighted by molar-refractivity contribution is 0.660. The van der Waals surface area contributed by atoms with Gasteiger partial charge in [-0.3, -0.25) is 0 Å². The first-order valence-corrected chi connectivity index (χ1v) is 22.9. The van der Waals surface area contributed by atoms with Gasteiger partial charge in [-0.25, -0.2) is 0 Å². The molecule has 0 spiro atoms. The van der Waals surface area contributed by atoms with Crippen molar-refractivity contribution in [3.63, 3.8) is 0 Å². The number of anilines is 3. The second kappa shape index (κ2) is 14.9. The predicted molar refractivity (Wildman–Crippen MR) is 276 cm³/mol. The molecule has 0 aliphatic heterocycles. The summed E-state index contributed by atoms with van der Waals surface area (Å²) in [5.74, 6) is 0. The average molecular weight is 832 g/mol. The maximum absolute atomic E-state index is 2.44. The van der Waals surface area contributed by atoms with E-state index < -0.39 is 0 Å². The molecule has 10 aromatic carbocycles. The third kappa shape index (κ3) is 6.21. The minimum absolute atomic E-state index is 0.0964. The van der Waals surface area contributed by atoms with E-state index in [-0.39, 0.29) is 10.8 Å². The van der Waals surface area contributed by atoms with Gasteiger partial charge in [0, 0.05) is 27.8 Å². The number of rotatable bonds is 7. The Morgan fingerprint density at radius 1 is 0.277 bits per heavy atom. The van der Waals surface area contributed by atoms with E-state index in [2.05, 4.69) is 257 Å². The molecule has 0 radical (unpaired) electrons. The standard InChI is InChI=1S/C64H49N/c1-63(2)58-25-12-9-21-53(58)55-39-34-47(41-60(55)63)51-19-11-14-27-61(51)65(48-35-30-43(31-36-48)46-29-28-42-16-5-6-17-45(42)40-46)49-37-32-44(33-38-49)50-18-7-8-20-52(50)56-23-15-24-57-54-22-10-13-26-59(54)64(3,4)62(56)57/h5-41H,1-4H3. The van der Waals surface area contributed by atoms with Crippen LogP contribution in [0.5, 0.6) is 0 Å². The monoisotopic (exact) mass is 831 g/mol. The van der Waals surface area contributed by atoms with Crippen LogP contribution in [0.4, 0.5) is 17.1 Å². The Morgan fingerprint density at radius 2 is 0.754 bits per heavy atom. The van der Waals surface area contributed by atoms with Crippen LogP contribution in [-0.4, -0.2) is 0 Å². The molecule has 12 rings (SSSR count). The fraction of sp³-hybridized carbons (Fsp3) is 0.0938. The highest BCUT2D eigenvalue weighted by Gasteiger charge is 2.38. The van der Waals surface area contributed by atoms with Crippen LogP contribution in [-0.2, 0) is 10.8 Å². The van der Waals surface area contributed by atoms with Gasteiger partial charge in [0.25, 0.3) is 0 Å². The number of nitrogens with zero attached hydrogens (tertiary/aromatic N) is 1. The molecule has 0 bridgehead atoms. The van der Waals surface area contributed by atoms with Crippen LogP contribution in [0.3, 0.4) is 0 Å². The SMILES string of the molecule is CC1(C)c2ccccc2-c2ccc(-c3ccccc3N(c3ccc(-c4ccc5ccccc5c4)cc3)c3ccc(-c4ccccc4-c4cccc5c4C(C)(C)c4ccccc4-5)cc3)cc21. The quantitative estimate of drug-likeness (QED) is 0.155. The van der Waals surface area contributed by atoms with Gasteiger partial charge in [-0.2, -0.15) is 0 Å². The Kier molecular flexibility index (Phi) is 8.94. The van der Waals surface area contributed by atoms with E-state index in [4.69, 9.17) is 0 Å². The summed E-state index contributed by atoms with van der Waals surface area (Å²) in [5.41, 5.74) is 23.8. The molecule has 1 nitrogen and oxygen atoms in total. The highest BCUT2D eigenvalue weighted by Crippen LogP contribution is 2.54. The molecule has 0 atom stereocenters. The van der Waals surface area contributed by atoms with E-state index >= 15 is 0 Å². The zero-order valence-electron chi connectivity index (χ0n) is 37.3.